The zero-order valence-electron chi connectivity index (χ0n) is 8.57. The zero-order valence-corrected chi connectivity index (χ0v) is 9.39. The van der Waals surface area contributed by atoms with Crippen LogP contribution >= 0.6 is 0 Å². The van der Waals surface area contributed by atoms with Crippen LogP contribution in [0.1, 0.15) is 32.6 Å². The van der Waals surface area contributed by atoms with Crippen molar-refractivity contribution in [3.8, 4) is 0 Å². The molecule has 0 spiro atoms. The van der Waals surface area contributed by atoms with E-state index in [0.29, 0.717) is 0 Å². The summed E-state index contributed by atoms with van der Waals surface area (Å²) in [4.78, 5) is 0. The Labute approximate surface area is 85.8 Å². The third-order valence-corrected chi connectivity index (χ3v) is 4.22. The van der Waals surface area contributed by atoms with Gasteiger partial charge in [-0.1, -0.05) is 19.8 Å². The third-order valence-electron chi connectivity index (χ3n) is 2.52. The number of hydrogen-bond donors (Lipinski definition) is 2. The van der Waals surface area contributed by atoms with Gasteiger partial charge in [-0.2, -0.15) is 0 Å². The van der Waals surface area contributed by atoms with Crippen molar-refractivity contribution in [1.29, 1.82) is 0 Å². The van der Waals surface area contributed by atoms with Gasteiger partial charge in [0.25, 0.3) is 0 Å². The first kappa shape index (κ1) is 11.9. The minimum atomic E-state index is -3.19. The molecule has 5 heteroatoms. The van der Waals surface area contributed by atoms with Crippen LogP contribution in [0.5, 0.6) is 0 Å². The highest BCUT2D eigenvalue weighted by Crippen LogP contribution is 2.18. The fraction of sp³-hybridized carbons (Fsp3) is 1.00. The van der Waals surface area contributed by atoms with Crippen molar-refractivity contribution in [2.45, 2.75) is 38.6 Å². The van der Waals surface area contributed by atoms with E-state index in [9.17, 15) is 8.42 Å². The van der Waals surface area contributed by atoms with Crippen molar-refractivity contribution in [3.05, 3.63) is 0 Å². The van der Waals surface area contributed by atoms with E-state index in [-0.39, 0.29) is 24.3 Å². The molecule has 0 aliphatic heterocycles. The predicted octanol–water partition coefficient (Wildman–Crippen LogP) is 0.477. The molecule has 0 heterocycles. The SMILES string of the molecule is CC(CO)CS(=O)(=O)NC1CCCC1. The lowest BCUT2D eigenvalue weighted by molar-refractivity contribution is 0.248. The number of nitrogens with one attached hydrogen (secondary N) is 1. The minimum Gasteiger partial charge on any atom is -0.396 e. The summed E-state index contributed by atoms with van der Waals surface area (Å²) in [6, 6.07) is 0.130. The number of aliphatic hydroxyl groups excluding tert-OH is 1. The Morgan fingerprint density at radius 3 is 2.50 bits per heavy atom. The number of sulfonamides is 1. The zero-order chi connectivity index (χ0) is 10.6. The summed E-state index contributed by atoms with van der Waals surface area (Å²) in [7, 11) is -3.19. The molecular formula is C9H19NO3S. The van der Waals surface area contributed by atoms with Gasteiger partial charge >= 0.3 is 0 Å². The molecule has 0 amide bonds. The first-order valence-electron chi connectivity index (χ1n) is 5.14. The lowest BCUT2D eigenvalue weighted by Gasteiger charge is -2.14. The molecule has 2 N–H and O–H groups in total. The average molecular weight is 221 g/mol. The molecular weight excluding hydrogens is 202 g/mol. The molecule has 1 atom stereocenters. The van der Waals surface area contributed by atoms with Crippen molar-refractivity contribution >= 4 is 10.0 Å². The van der Waals surface area contributed by atoms with Gasteiger partial charge in [-0.05, 0) is 18.8 Å². The summed E-state index contributed by atoms with van der Waals surface area (Å²) in [6.45, 7) is 1.65. The molecule has 1 saturated carbocycles. The van der Waals surface area contributed by atoms with Gasteiger partial charge < -0.3 is 5.11 Å². The second-order valence-electron chi connectivity index (χ2n) is 4.17. The van der Waals surface area contributed by atoms with Gasteiger partial charge in [0.1, 0.15) is 0 Å². The molecule has 1 fully saturated rings. The number of hydrogen-bond acceptors (Lipinski definition) is 3. The van der Waals surface area contributed by atoms with Crippen LogP contribution in [0.3, 0.4) is 0 Å². The van der Waals surface area contributed by atoms with Crippen LogP contribution in [0.25, 0.3) is 0 Å². The highest BCUT2D eigenvalue weighted by molar-refractivity contribution is 7.89. The van der Waals surface area contributed by atoms with Crippen LogP contribution < -0.4 is 4.72 Å². The molecule has 1 aliphatic rings. The lowest BCUT2D eigenvalue weighted by atomic mass is 10.2. The molecule has 4 nitrogen and oxygen atoms in total. The van der Waals surface area contributed by atoms with Crippen molar-refractivity contribution in [2.24, 2.45) is 5.92 Å². The van der Waals surface area contributed by atoms with Crippen LogP contribution in [-0.2, 0) is 10.0 Å². The lowest BCUT2D eigenvalue weighted by Crippen LogP contribution is -2.36. The van der Waals surface area contributed by atoms with Gasteiger partial charge in [0.2, 0.25) is 10.0 Å². The maximum atomic E-state index is 11.5. The molecule has 1 unspecified atom stereocenters. The second-order valence-corrected chi connectivity index (χ2v) is 5.97. The van der Waals surface area contributed by atoms with E-state index in [4.69, 9.17) is 5.11 Å². The van der Waals surface area contributed by atoms with E-state index in [1.54, 1.807) is 6.92 Å². The summed E-state index contributed by atoms with van der Waals surface area (Å²) in [5.74, 6) is -0.158. The molecule has 0 bridgehead atoms. The predicted molar refractivity (Wildman–Crippen MR) is 55.4 cm³/mol. The first-order valence-corrected chi connectivity index (χ1v) is 6.79. The van der Waals surface area contributed by atoms with E-state index in [1.165, 1.54) is 0 Å². The topological polar surface area (TPSA) is 66.4 Å². The van der Waals surface area contributed by atoms with Gasteiger partial charge in [-0.3, -0.25) is 0 Å². The fourth-order valence-electron chi connectivity index (χ4n) is 1.77. The molecule has 84 valence electrons. The molecule has 0 radical (unpaired) electrons. The standard InChI is InChI=1S/C9H19NO3S/c1-8(6-11)7-14(12,13)10-9-4-2-3-5-9/h8-11H,2-7H2,1H3. The summed E-state index contributed by atoms with van der Waals surface area (Å²) in [5, 5.41) is 8.77. The van der Waals surface area contributed by atoms with E-state index >= 15 is 0 Å². The van der Waals surface area contributed by atoms with E-state index in [2.05, 4.69) is 4.72 Å². The van der Waals surface area contributed by atoms with Gasteiger partial charge in [-0.25, -0.2) is 13.1 Å². The van der Waals surface area contributed by atoms with E-state index in [1.807, 2.05) is 0 Å². The van der Waals surface area contributed by atoms with Crippen LogP contribution in [0, 0.1) is 5.92 Å². The number of rotatable bonds is 5. The van der Waals surface area contributed by atoms with Crippen LogP contribution in [-0.4, -0.2) is 31.9 Å². The highest BCUT2D eigenvalue weighted by Gasteiger charge is 2.22. The molecule has 1 aliphatic carbocycles. The monoisotopic (exact) mass is 221 g/mol. The summed E-state index contributed by atoms with van der Waals surface area (Å²) in [6.07, 6.45) is 4.13. The largest absolute Gasteiger partial charge is 0.396 e. The van der Waals surface area contributed by atoms with Crippen LogP contribution in [0.4, 0.5) is 0 Å². The highest BCUT2D eigenvalue weighted by atomic mass is 32.2. The third kappa shape index (κ3) is 3.94. The van der Waals surface area contributed by atoms with Crippen molar-refractivity contribution in [3.63, 3.8) is 0 Å². The molecule has 0 aromatic carbocycles. The van der Waals surface area contributed by atoms with Crippen LogP contribution in [0.2, 0.25) is 0 Å². The Hall–Kier alpha value is -0.130. The first-order chi connectivity index (χ1) is 6.53. The second kappa shape index (κ2) is 5.09. The van der Waals surface area contributed by atoms with Gasteiger partial charge in [0.15, 0.2) is 0 Å². The van der Waals surface area contributed by atoms with Crippen molar-refractivity contribution in [1.82, 2.24) is 4.72 Å². The van der Waals surface area contributed by atoms with E-state index < -0.39 is 10.0 Å². The Kier molecular flexibility index (Phi) is 4.34. The maximum Gasteiger partial charge on any atom is 0.212 e. The normalized spacial score (nSPS) is 21.3. The Morgan fingerprint density at radius 1 is 1.43 bits per heavy atom. The number of aliphatic hydroxyl groups is 1. The van der Waals surface area contributed by atoms with Gasteiger partial charge in [0.05, 0.1) is 5.75 Å². The Bertz CT molecular complexity index is 257. The van der Waals surface area contributed by atoms with Gasteiger partial charge in [0, 0.05) is 12.6 Å². The minimum absolute atomic E-state index is 0.0278. The average Bonchev–Trinajstić information content (AvgIpc) is 2.54. The van der Waals surface area contributed by atoms with Crippen molar-refractivity contribution < 1.29 is 13.5 Å². The van der Waals surface area contributed by atoms with E-state index in [0.717, 1.165) is 25.7 Å². The quantitative estimate of drug-likeness (QED) is 0.709. The summed E-state index contributed by atoms with van der Waals surface area (Å²) in [5.41, 5.74) is 0. The van der Waals surface area contributed by atoms with Crippen LogP contribution in [0.15, 0.2) is 0 Å². The molecule has 14 heavy (non-hydrogen) atoms. The van der Waals surface area contributed by atoms with Gasteiger partial charge in [-0.15, -0.1) is 0 Å². The smallest absolute Gasteiger partial charge is 0.212 e. The summed E-state index contributed by atoms with van der Waals surface area (Å²) >= 11 is 0. The Morgan fingerprint density at radius 2 is 2.00 bits per heavy atom. The summed E-state index contributed by atoms with van der Waals surface area (Å²) < 4.78 is 25.7. The molecule has 1 rings (SSSR count). The fourth-order valence-corrected chi connectivity index (χ4v) is 3.47. The molecule has 0 saturated heterocycles. The molecule has 0 aromatic heterocycles. The maximum absolute atomic E-state index is 11.5. The van der Waals surface area contributed by atoms with Crippen molar-refractivity contribution in [2.75, 3.05) is 12.4 Å². The molecule has 0 aromatic rings. The Balaban J connectivity index is 2.40.